The Kier molecular flexibility index (Phi) is 8.70. The molecule has 8 heteroatoms. The van der Waals surface area contributed by atoms with E-state index in [2.05, 4.69) is 15.9 Å². The molecule has 8 nitrogen and oxygen atoms in total. The minimum Gasteiger partial charge on any atom is -0.497 e. The van der Waals surface area contributed by atoms with Crippen molar-refractivity contribution in [2.75, 3.05) is 60.0 Å². The maximum absolute atomic E-state index is 12.7. The van der Waals surface area contributed by atoms with Crippen LogP contribution in [0.25, 0.3) is 0 Å². The van der Waals surface area contributed by atoms with Gasteiger partial charge in [-0.2, -0.15) is 5.26 Å². The number of likely N-dealkylation sites (N-methyl/N-ethyl adjacent to an activating group) is 1. The van der Waals surface area contributed by atoms with Gasteiger partial charge in [0.15, 0.2) is 5.78 Å². The van der Waals surface area contributed by atoms with Crippen molar-refractivity contribution >= 4 is 11.7 Å². The number of fused-ring (bicyclic) bond motifs is 2. The van der Waals surface area contributed by atoms with Gasteiger partial charge in [0, 0.05) is 58.3 Å². The minimum absolute atomic E-state index is 0.0681. The monoisotopic (exact) mass is 490 g/mol. The molecule has 190 valence electrons. The molecule has 0 radical (unpaired) electrons. The van der Waals surface area contributed by atoms with Crippen LogP contribution in [-0.4, -0.2) is 98.6 Å². The van der Waals surface area contributed by atoms with Gasteiger partial charge in [-0.3, -0.25) is 19.4 Å². The number of hydrogen-bond donors (Lipinski definition) is 0. The number of nitrogens with zero attached hydrogens (tertiary/aromatic N) is 4. The number of benzene rings is 2. The summed E-state index contributed by atoms with van der Waals surface area (Å²) < 4.78 is 11.3. The molecule has 2 aromatic rings. The van der Waals surface area contributed by atoms with E-state index in [-0.39, 0.29) is 23.9 Å². The Labute approximate surface area is 213 Å². The third-order valence-corrected chi connectivity index (χ3v) is 6.90. The Morgan fingerprint density at radius 3 is 2.28 bits per heavy atom. The molecular formula is C28H34N4O4. The summed E-state index contributed by atoms with van der Waals surface area (Å²) in [5, 5.41) is 8.90. The summed E-state index contributed by atoms with van der Waals surface area (Å²) in [4.78, 5) is 31.7. The number of carbonyl (C=O) groups excluding carboxylic acids is 2. The first kappa shape index (κ1) is 25.8. The van der Waals surface area contributed by atoms with E-state index in [1.165, 1.54) is 0 Å². The lowest BCUT2D eigenvalue weighted by molar-refractivity contribution is -0.139. The highest BCUT2D eigenvalue weighted by atomic mass is 16.5. The van der Waals surface area contributed by atoms with Crippen LogP contribution in [-0.2, 0) is 16.0 Å². The molecular weight excluding hydrogens is 456 g/mol. The van der Waals surface area contributed by atoms with Crippen molar-refractivity contribution in [1.29, 1.82) is 5.26 Å². The number of hydrogen-bond acceptors (Lipinski definition) is 7. The molecule has 2 unspecified atom stereocenters. The number of amides is 1. The summed E-state index contributed by atoms with van der Waals surface area (Å²) in [5.74, 6) is 0.970. The van der Waals surface area contributed by atoms with Crippen molar-refractivity contribution in [2.45, 2.75) is 25.0 Å². The van der Waals surface area contributed by atoms with Gasteiger partial charge < -0.3 is 14.4 Å². The molecule has 2 saturated heterocycles. The topological polar surface area (TPSA) is 86.1 Å². The van der Waals surface area contributed by atoms with Crippen LogP contribution < -0.4 is 4.74 Å². The largest absolute Gasteiger partial charge is 0.497 e. The SMILES string of the molecule is COc1ccc(C(=O)CN2CC3CN(CCN(C)C(=O)CCc4ccc(C#N)cc4)CC(C2)O3)cc1. The minimum atomic E-state index is 0.0681. The van der Waals surface area contributed by atoms with Gasteiger partial charge in [0.25, 0.3) is 0 Å². The average molecular weight is 491 g/mol. The number of morpholine rings is 2. The van der Waals surface area contributed by atoms with Gasteiger partial charge in [0.1, 0.15) is 5.75 Å². The highest BCUT2D eigenvalue weighted by Crippen LogP contribution is 2.20. The van der Waals surface area contributed by atoms with Crippen LogP contribution in [0.15, 0.2) is 48.5 Å². The summed E-state index contributed by atoms with van der Waals surface area (Å²) in [5.41, 5.74) is 2.39. The van der Waals surface area contributed by atoms with Crippen molar-refractivity contribution in [1.82, 2.24) is 14.7 Å². The summed E-state index contributed by atoms with van der Waals surface area (Å²) in [6.07, 6.45) is 1.26. The van der Waals surface area contributed by atoms with Gasteiger partial charge in [0.05, 0.1) is 37.5 Å². The lowest BCUT2D eigenvalue weighted by atomic mass is 10.1. The van der Waals surface area contributed by atoms with E-state index in [0.717, 1.165) is 44.0 Å². The third-order valence-electron chi connectivity index (χ3n) is 6.90. The third kappa shape index (κ3) is 6.91. The lowest BCUT2D eigenvalue weighted by Gasteiger charge is -2.46. The van der Waals surface area contributed by atoms with Crippen LogP contribution in [0.3, 0.4) is 0 Å². The van der Waals surface area contributed by atoms with E-state index in [1.54, 1.807) is 24.1 Å². The van der Waals surface area contributed by atoms with E-state index >= 15 is 0 Å². The quantitative estimate of drug-likeness (QED) is 0.472. The zero-order valence-corrected chi connectivity index (χ0v) is 21.1. The standard InChI is InChI=1S/C28H34N4O4/c1-30(28(34)12-7-21-3-5-22(15-29)6-4-21)13-14-31-16-25-18-32(19-26(17-31)36-25)20-27(33)23-8-10-24(35-2)11-9-23/h3-6,8-11,25-26H,7,12-14,16-20H2,1-2H3. The van der Waals surface area contributed by atoms with Gasteiger partial charge in [-0.25, -0.2) is 0 Å². The van der Waals surface area contributed by atoms with Crippen molar-refractivity contribution in [3.05, 3.63) is 65.2 Å². The number of ether oxygens (including phenoxy) is 2. The highest BCUT2D eigenvalue weighted by Gasteiger charge is 2.35. The molecule has 0 aliphatic carbocycles. The predicted molar refractivity (Wildman–Crippen MR) is 136 cm³/mol. The fourth-order valence-corrected chi connectivity index (χ4v) is 4.85. The van der Waals surface area contributed by atoms with E-state index in [9.17, 15) is 9.59 Å². The molecule has 2 aliphatic rings. The second-order valence-corrected chi connectivity index (χ2v) is 9.61. The number of aryl methyl sites for hydroxylation is 1. The van der Waals surface area contributed by atoms with E-state index in [0.29, 0.717) is 37.1 Å². The van der Waals surface area contributed by atoms with E-state index in [1.807, 2.05) is 43.4 Å². The van der Waals surface area contributed by atoms with Gasteiger partial charge in [-0.05, 0) is 48.4 Å². The van der Waals surface area contributed by atoms with Crippen LogP contribution >= 0.6 is 0 Å². The number of rotatable bonds is 10. The number of ketones is 1. The zero-order valence-electron chi connectivity index (χ0n) is 21.1. The molecule has 1 amide bonds. The molecule has 36 heavy (non-hydrogen) atoms. The summed E-state index contributed by atoms with van der Waals surface area (Å²) in [6, 6.07) is 16.8. The van der Waals surface area contributed by atoms with Crippen LogP contribution in [0, 0.1) is 11.3 Å². The van der Waals surface area contributed by atoms with Crippen LogP contribution in [0.1, 0.15) is 27.9 Å². The molecule has 0 N–H and O–H groups in total. The fourth-order valence-electron chi connectivity index (χ4n) is 4.85. The molecule has 2 heterocycles. The fraction of sp³-hybridized carbons (Fsp3) is 0.464. The van der Waals surface area contributed by atoms with Gasteiger partial charge in [0.2, 0.25) is 5.91 Å². The lowest BCUT2D eigenvalue weighted by Crippen LogP contribution is -2.60. The first-order valence-electron chi connectivity index (χ1n) is 12.4. The number of Topliss-reactive ketones (excluding diaryl/α,β-unsaturated/α-hetero) is 1. The Hall–Kier alpha value is -3.25. The smallest absolute Gasteiger partial charge is 0.222 e. The number of nitriles is 1. The normalized spacial score (nSPS) is 19.9. The second-order valence-electron chi connectivity index (χ2n) is 9.61. The average Bonchev–Trinajstić information content (AvgIpc) is 2.90. The Morgan fingerprint density at radius 1 is 1.03 bits per heavy atom. The Bertz CT molecular complexity index is 1070. The molecule has 2 fully saturated rings. The van der Waals surface area contributed by atoms with Gasteiger partial charge in [-0.15, -0.1) is 0 Å². The van der Waals surface area contributed by atoms with Crippen molar-refractivity contribution < 1.29 is 19.1 Å². The molecule has 0 spiro atoms. The van der Waals surface area contributed by atoms with Gasteiger partial charge in [-0.1, -0.05) is 12.1 Å². The summed E-state index contributed by atoms with van der Waals surface area (Å²) in [6.45, 7) is 4.93. The highest BCUT2D eigenvalue weighted by molar-refractivity contribution is 5.97. The number of methoxy groups -OCH3 is 1. The maximum atomic E-state index is 12.7. The van der Waals surface area contributed by atoms with Crippen molar-refractivity contribution in [3.8, 4) is 11.8 Å². The molecule has 0 aromatic heterocycles. The predicted octanol–water partition coefficient (Wildman–Crippen LogP) is 2.23. The van der Waals surface area contributed by atoms with E-state index < -0.39 is 0 Å². The molecule has 0 saturated carbocycles. The van der Waals surface area contributed by atoms with Crippen LogP contribution in [0.4, 0.5) is 0 Å². The summed E-state index contributed by atoms with van der Waals surface area (Å²) >= 11 is 0. The first-order chi connectivity index (χ1) is 17.4. The van der Waals surface area contributed by atoms with Crippen LogP contribution in [0.5, 0.6) is 5.75 Å². The van der Waals surface area contributed by atoms with E-state index in [4.69, 9.17) is 14.7 Å². The molecule has 2 bridgehead atoms. The maximum Gasteiger partial charge on any atom is 0.222 e. The molecule has 2 aromatic carbocycles. The Balaban J connectivity index is 1.18. The molecule has 4 rings (SSSR count). The first-order valence-corrected chi connectivity index (χ1v) is 12.4. The molecule has 2 aliphatic heterocycles. The van der Waals surface area contributed by atoms with Crippen molar-refractivity contribution in [2.24, 2.45) is 0 Å². The molecule has 2 atom stereocenters. The second kappa shape index (κ2) is 12.1. The zero-order chi connectivity index (χ0) is 25.5. The van der Waals surface area contributed by atoms with Crippen molar-refractivity contribution in [3.63, 3.8) is 0 Å². The number of carbonyl (C=O) groups is 2. The van der Waals surface area contributed by atoms with Crippen LogP contribution in [0.2, 0.25) is 0 Å². The Morgan fingerprint density at radius 2 is 1.67 bits per heavy atom. The summed E-state index contributed by atoms with van der Waals surface area (Å²) in [7, 11) is 3.47. The van der Waals surface area contributed by atoms with Gasteiger partial charge >= 0.3 is 0 Å².